The number of hydrogen-bond donors (Lipinski definition) is 9. The molecule has 1 aliphatic rings. The molecular formula is C14H27NO8. The highest BCUT2D eigenvalue weighted by Gasteiger charge is 2.39. The van der Waals surface area contributed by atoms with Crippen molar-refractivity contribution in [1.29, 1.82) is 0 Å². The van der Waals surface area contributed by atoms with E-state index in [0.717, 1.165) is 0 Å². The smallest absolute Gasteiger partial charge is 0.111 e. The van der Waals surface area contributed by atoms with Crippen LogP contribution in [-0.4, -0.2) is 103 Å². The van der Waals surface area contributed by atoms with Gasteiger partial charge in [0.2, 0.25) is 0 Å². The number of rotatable bonds is 8. The maximum Gasteiger partial charge on any atom is 0.111 e. The van der Waals surface area contributed by atoms with Gasteiger partial charge in [-0.1, -0.05) is 13.0 Å². The lowest BCUT2D eigenvalue weighted by atomic mass is 9.86. The second-order valence-corrected chi connectivity index (χ2v) is 5.73. The van der Waals surface area contributed by atoms with Gasteiger partial charge in [-0.25, -0.2) is 0 Å². The van der Waals surface area contributed by atoms with Crippen molar-refractivity contribution in [2.45, 2.75) is 62.1 Å². The molecule has 0 heterocycles. The van der Waals surface area contributed by atoms with E-state index in [9.17, 15) is 35.7 Å². The number of aliphatic hydroxyl groups excluding tert-OH is 8. The van der Waals surface area contributed by atoms with E-state index >= 15 is 0 Å². The molecule has 23 heavy (non-hydrogen) atoms. The van der Waals surface area contributed by atoms with E-state index in [1.807, 2.05) is 0 Å². The molecule has 0 aromatic carbocycles. The van der Waals surface area contributed by atoms with Gasteiger partial charge in [-0.05, 0) is 12.0 Å². The zero-order valence-corrected chi connectivity index (χ0v) is 12.9. The quantitative estimate of drug-likeness (QED) is 0.199. The van der Waals surface area contributed by atoms with E-state index in [1.54, 1.807) is 6.92 Å². The molecule has 136 valence electrons. The molecule has 9 N–H and O–H groups in total. The van der Waals surface area contributed by atoms with Crippen molar-refractivity contribution in [2.24, 2.45) is 0 Å². The van der Waals surface area contributed by atoms with Crippen LogP contribution in [0.4, 0.5) is 0 Å². The van der Waals surface area contributed by atoms with Gasteiger partial charge in [0.25, 0.3) is 0 Å². The van der Waals surface area contributed by atoms with Crippen molar-refractivity contribution in [3.8, 4) is 0 Å². The number of nitrogens with one attached hydrogen (secondary N) is 1. The molecule has 8 unspecified atom stereocenters. The van der Waals surface area contributed by atoms with Crippen LogP contribution in [0.5, 0.6) is 0 Å². The van der Waals surface area contributed by atoms with Crippen LogP contribution in [0.15, 0.2) is 11.6 Å². The summed E-state index contributed by atoms with van der Waals surface area (Å²) < 4.78 is 0. The van der Waals surface area contributed by atoms with Crippen molar-refractivity contribution >= 4 is 0 Å². The highest BCUT2D eigenvalue weighted by molar-refractivity contribution is 5.21. The Balaban J connectivity index is 2.87. The molecule has 0 fully saturated rings. The van der Waals surface area contributed by atoms with Crippen LogP contribution in [0, 0.1) is 0 Å². The Morgan fingerprint density at radius 3 is 2.09 bits per heavy atom. The molecule has 0 aromatic heterocycles. The molecule has 0 aromatic rings. The van der Waals surface area contributed by atoms with Gasteiger partial charge in [-0.3, -0.25) is 0 Å². The second kappa shape index (κ2) is 9.02. The predicted molar refractivity (Wildman–Crippen MR) is 79.3 cm³/mol. The van der Waals surface area contributed by atoms with Crippen LogP contribution in [-0.2, 0) is 0 Å². The molecule has 8 atom stereocenters. The first-order valence-corrected chi connectivity index (χ1v) is 7.55. The van der Waals surface area contributed by atoms with Crippen molar-refractivity contribution in [3.05, 3.63) is 11.6 Å². The van der Waals surface area contributed by atoms with Crippen LogP contribution in [0.1, 0.15) is 13.3 Å². The molecule has 0 spiro atoms. The first kappa shape index (κ1) is 20.4. The van der Waals surface area contributed by atoms with E-state index in [-0.39, 0.29) is 0 Å². The largest absolute Gasteiger partial charge is 0.395 e. The summed E-state index contributed by atoms with van der Waals surface area (Å²) in [5.41, 5.74) is 0.488. The van der Waals surface area contributed by atoms with E-state index in [4.69, 9.17) is 5.11 Å². The van der Waals surface area contributed by atoms with E-state index in [0.29, 0.717) is 12.0 Å². The Kier molecular flexibility index (Phi) is 8.01. The Hall–Kier alpha value is -0.620. The molecule has 0 aliphatic heterocycles. The van der Waals surface area contributed by atoms with Crippen LogP contribution in [0.25, 0.3) is 0 Å². The van der Waals surface area contributed by atoms with Gasteiger partial charge < -0.3 is 46.2 Å². The number of aliphatic hydroxyl groups is 8. The number of hydrogen-bond acceptors (Lipinski definition) is 9. The molecule has 9 heteroatoms. The fourth-order valence-electron chi connectivity index (χ4n) is 2.60. The average Bonchev–Trinajstić information content (AvgIpc) is 2.57. The highest BCUT2D eigenvalue weighted by Crippen LogP contribution is 2.23. The van der Waals surface area contributed by atoms with Gasteiger partial charge in [-0.2, -0.15) is 0 Å². The minimum atomic E-state index is -1.71. The second-order valence-electron chi connectivity index (χ2n) is 5.73. The fourth-order valence-corrected chi connectivity index (χ4v) is 2.60. The predicted octanol–water partition coefficient (Wildman–Crippen LogP) is -4.19. The average molecular weight is 337 g/mol. The molecule has 0 amide bonds. The summed E-state index contributed by atoms with van der Waals surface area (Å²) in [4.78, 5) is 0. The van der Waals surface area contributed by atoms with E-state index in [2.05, 4.69) is 5.32 Å². The first-order chi connectivity index (χ1) is 10.8. The summed E-state index contributed by atoms with van der Waals surface area (Å²) in [6.45, 7) is 0.358. The maximum absolute atomic E-state index is 10.0. The maximum atomic E-state index is 10.0. The Morgan fingerprint density at radius 2 is 1.61 bits per heavy atom. The van der Waals surface area contributed by atoms with Crippen LogP contribution in [0.2, 0.25) is 0 Å². The normalized spacial score (nSPS) is 33.7. The lowest BCUT2D eigenvalue weighted by molar-refractivity contribution is -0.0991. The molecule has 1 rings (SSSR count). The lowest BCUT2D eigenvalue weighted by Gasteiger charge is -2.38. The third kappa shape index (κ3) is 4.69. The van der Waals surface area contributed by atoms with Crippen molar-refractivity contribution in [2.75, 3.05) is 13.2 Å². The molecule has 0 radical (unpaired) electrons. The summed E-state index contributed by atoms with van der Waals surface area (Å²) in [6.07, 6.45) is -7.03. The summed E-state index contributed by atoms with van der Waals surface area (Å²) in [6, 6.07) is -2.02. The molecular weight excluding hydrogens is 310 g/mol. The minimum absolute atomic E-state index is 0.432. The third-order valence-electron chi connectivity index (χ3n) is 4.17. The standard InChI is InChI=1S/C14H27NO8/c1-2-6-3-7(11(20)14(23)10(6)19)15-8(4-16)12(21)13(22)9(18)5-17/h3,7-23H,2,4-5H2,1H3. The minimum Gasteiger partial charge on any atom is -0.395 e. The highest BCUT2D eigenvalue weighted by atomic mass is 16.4. The Bertz CT molecular complexity index is 393. The van der Waals surface area contributed by atoms with Gasteiger partial charge in [0, 0.05) is 0 Å². The molecule has 0 saturated heterocycles. The van der Waals surface area contributed by atoms with Crippen LogP contribution < -0.4 is 5.32 Å². The van der Waals surface area contributed by atoms with Crippen molar-refractivity contribution in [1.82, 2.24) is 5.32 Å². The van der Waals surface area contributed by atoms with Crippen LogP contribution >= 0.6 is 0 Å². The SMILES string of the molecule is CCC1=CC(NC(CO)C(O)C(O)C(O)CO)C(O)C(O)C1O. The molecule has 1 aliphatic carbocycles. The van der Waals surface area contributed by atoms with Crippen molar-refractivity contribution < 1.29 is 40.9 Å². The molecule has 0 saturated carbocycles. The Labute approximate surface area is 134 Å². The molecule has 0 bridgehead atoms. The monoisotopic (exact) mass is 337 g/mol. The van der Waals surface area contributed by atoms with Gasteiger partial charge in [-0.15, -0.1) is 0 Å². The van der Waals surface area contributed by atoms with E-state index < -0.39 is 61.9 Å². The lowest BCUT2D eigenvalue weighted by Crippen LogP contribution is -2.60. The summed E-state index contributed by atoms with van der Waals surface area (Å²) in [7, 11) is 0. The summed E-state index contributed by atoms with van der Waals surface area (Å²) >= 11 is 0. The van der Waals surface area contributed by atoms with Crippen LogP contribution in [0.3, 0.4) is 0 Å². The molecule has 9 nitrogen and oxygen atoms in total. The van der Waals surface area contributed by atoms with Gasteiger partial charge >= 0.3 is 0 Å². The topological polar surface area (TPSA) is 174 Å². The van der Waals surface area contributed by atoms with Gasteiger partial charge in [0.1, 0.15) is 36.6 Å². The Morgan fingerprint density at radius 1 is 1.00 bits per heavy atom. The third-order valence-corrected chi connectivity index (χ3v) is 4.17. The zero-order chi connectivity index (χ0) is 17.7. The zero-order valence-electron chi connectivity index (χ0n) is 12.9. The fraction of sp³-hybridized carbons (Fsp3) is 0.857. The van der Waals surface area contributed by atoms with Crippen molar-refractivity contribution in [3.63, 3.8) is 0 Å². The first-order valence-electron chi connectivity index (χ1n) is 7.55. The van der Waals surface area contributed by atoms with Gasteiger partial charge in [0.05, 0.1) is 25.3 Å². The summed E-state index contributed by atoms with van der Waals surface area (Å²) in [5.74, 6) is 0. The summed E-state index contributed by atoms with van der Waals surface area (Å²) in [5, 5.41) is 79.5. The van der Waals surface area contributed by atoms with Gasteiger partial charge in [0.15, 0.2) is 0 Å². The van der Waals surface area contributed by atoms with E-state index in [1.165, 1.54) is 6.08 Å².